The minimum Gasteiger partial charge on any atom is -0.330 e. The summed E-state index contributed by atoms with van der Waals surface area (Å²) in [6.07, 6.45) is 3.64. The number of aromatic nitrogens is 4. The Bertz CT molecular complexity index is 525. The second-order valence-corrected chi connectivity index (χ2v) is 4.10. The largest absolute Gasteiger partial charge is 0.330 e. The van der Waals surface area contributed by atoms with Gasteiger partial charge in [0.1, 0.15) is 6.33 Å². The number of carbonyl (C=O) groups is 1. The third kappa shape index (κ3) is 3.85. The second-order valence-electron chi connectivity index (χ2n) is 4.10. The van der Waals surface area contributed by atoms with Gasteiger partial charge in [-0.05, 0) is 48.0 Å². The number of carbonyl (C=O) groups excluding carboxylic acids is 1. The van der Waals surface area contributed by atoms with Crippen LogP contribution >= 0.6 is 0 Å². The van der Waals surface area contributed by atoms with Crippen LogP contribution in [-0.4, -0.2) is 32.7 Å². The summed E-state index contributed by atoms with van der Waals surface area (Å²) < 4.78 is 1.53. The number of hydrogen-bond donors (Lipinski definition) is 2. The van der Waals surface area contributed by atoms with Crippen molar-refractivity contribution in [2.45, 2.75) is 19.3 Å². The van der Waals surface area contributed by atoms with Crippen LogP contribution in [0.25, 0.3) is 5.69 Å². The molecule has 0 aliphatic carbocycles. The molecule has 1 aromatic heterocycles. The van der Waals surface area contributed by atoms with Gasteiger partial charge in [-0.25, -0.2) is 4.68 Å². The lowest BCUT2D eigenvalue weighted by molar-refractivity contribution is -0.116. The Morgan fingerprint density at radius 3 is 3.00 bits per heavy atom. The van der Waals surface area contributed by atoms with Crippen LogP contribution in [0.4, 0.5) is 5.69 Å². The lowest BCUT2D eigenvalue weighted by Crippen LogP contribution is -2.12. The van der Waals surface area contributed by atoms with E-state index in [9.17, 15) is 4.79 Å². The van der Waals surface area contributed by atoms with E-state index in [1.165, 1.54) is 11.0 Å². The summed E-state index contributed by atoms with van der Waals surface area (Å²) >= 11 is 0. The third-order valence-corrected chi connectivity index (χ3v) is 2.60. The van der Waals surface area contributed by atoms with Gasteiger partial charge >= 0.3 is 0 Å². The zero-order valence-electron chi connectivity index (χ0n) is 10.5. The molecule has 0 atom stereocenters. The standard InChI is InChI=1S/C12H16N6O/c13-7-2-1-6-12(19)15-10-4-3-5-11(8-10)18-9-14-16-17-18/h3-5,8-9H,1-2,6-7,13H2,(H,15,19). The predicted octanol–water partition coefficient (Wildman–Crippen LogP) is 0.730. The molecule has 2 aromatic rings. The Hall–Kier alpha value is -2.28. The normalized spacial score (nSPS) is 10.4. The SMILES string of the molecule is NCCCCC(=O)Nc1cccc(-n2cnnn2)c1. The fourth-order valence-electron chi connectivity index (χ4n) is 1.66. The monoisotopic (exact) mass is 260 g/mol. The summed E-state index contributed by atoms with van der Waals surface area (Å²) in [7, 11) is 0. The molecule has 0 spiro atoms. The number of rotatable bonds is 6. The van der Waals surface area contributed by atoms with Crippen molar-refractivity contribution in [3.63, 3.8) is 0 Å². The Morgan fingerprint density at radius 1 is 1.37 bits per heavy atom. The molecule has 19 heavy (non-hydrogen) atoms. The van der Waals surface area contributed by atoms with Gasteiger partial charge in [0.25, 0.3) is 0 Å². The molecule has 100 valence electrons. The summed E-state index contributed by atoms with van der Waals surface area (Å²) in [5.74, 6) is -0.0117. The van der Waals surface area contributed by atoms with Crippen molar-refractivity contribution in [2.24, 2.45) is 5.73 Å². The van der Waals surface area contributed by atoms with Gasteiger partial charge in [-0.2, -0.15) is 0 Å². The van der Waals surface area contributed by atoms with Gasteiger partial charge in [0.15, 0.2) is 0 Å². The van der Waals surface area contributed by atoms with Gasteiger partial charge in [0.2, 0.25) is 5.91 Å². The summed E-state index contributed by atoms with van der Waals surface area (Å²) in [5, 5.41) is 13.8. The predicted molar refractivity (Wildman–Crippen MR) is 70.7 cm³/mol. The molecule has 3 N–H and O–H groups in total. The van der Waals surface area contributed by atoms with Crippen molar-refractivity contribution < 1.29 is 4.79 Å². The van der Waals surface area contributed by atoms with Crippen molar-refractivity contribution in [1.82, 2.24) is 20.2 Å². The van der Waals surface area contributed by atoms with E-state index in [4.69, 9.17) is 5.73 Å². The van der Waals surface area contributed by atoms with Crippen molar-refractivity contribution in [1.29, 1.82) is 0 Å². The first-order valence-corrected chi connectivity index (χ1v) is 6.13. The molecule has 0 bridgehead atoms. The Balaban J connectivity index is 1.97. The molecule has 0 radical (unpaired) electrons. The van der Waals surface area contributed by atoms with Gasteiger partial charge < -0.3 is 11.1 Å². The number of nitrogens with zero attached hydrogens (tertiary/aromatic N) is 4. The van der Waals surface area contributed by atoms with Crippen LogP contribution in [0.3, 0.4) is 0 Å². The number of hydrogen-bond acceptors (Lipinski definition) is 5. The molecule has 0 aliphatic rings. The number of nitrogens with two attached hydrogens (primary N) is 1. The maximum atomic E-state index is 11.7. The number of anilines is 1. The van der Waals surface area contributed by atoms with Gasteiger partial charge in [0.05, 0.1) is 5.69 Å². The fourth-order valence-corrected chi connectivity index (χ4v) is 1.66. The summed E-state index contributed by atoms with van der Waals surface area (Å²) in [6.45, 7) is 0.613. The summed E-state index contributed by atoms with van der Waals surface area (Å²) in [5.41, 5.74) is 6.91. The van der Waals surface area contributed by atoms with Crippen molar-refractivity contribution in [2.75, 3.05) is 11.9 Å². The fraction of sp³-hybridized carbons (Fsp3) is 0.333. The highest BCUT2D eigenvalue weighted by molar-refractivity contribution is 5.90. The highest BCUT2D eigenvalue weighted by atomic mass is 16.1. The number of tetrazole rings is 1. The van der Waals surface area contributed by atoms with E-state index in [2.05, 4.69) is 20.8 Å². The number of benzene rings is 1. The van der Waals surface area contributed by atoms with Crippen LogP contribution in [0.2, 0.25) is 0 Å². The maximum absolute atomic E-state index is 11.7. The van der Waals surface area contributed by atoms with E-state index in [-0.39, 0.29) is 5.91 Å². The Morgan fingerprint density at radius 2 is 2.26 bits per heavy atom. The lowest BCUT2D eigenvalue weighted by atomic mass is 10.2. The van der Waals surface area contributed by atoms with Gasteiger partial charge in [0, 0.05) is 12.1 Å². The topological polar surface area (TPSA) is 98.7 Å². The van der Waals surface area contributed by atoms with Crippen molar-refractivity contribution in [3.05, 3.63) is 30.6 Å². The van der Waals surface area contributed by atoms with E-state index in [0.29, 0.717) is 13.0 Å². The van der Waals surface area contributed by atoms with Gasteiger partial charge in [-0.15, -0.1) is 5.10 Å². The third-order valence-electron chi connectivity index (χ3n) is 2.60. The molecule has 0 unspecified atom stereocenters. The molecular formula is C12H16N6O. The van der Waals surface area contributed by atoms with Crippen LogP contribution in [0, 0.1) is 0 Å². The second kappa shape index (κ2) is 6.60. The van der Waals surface area contributed by atoms with Crippen LogP contribution in [0.5, 0.6) is 0 Å². The molecule has 1 heterocycles. The average molecular weight is 260 g/mol. The van der Waals surface area contributed by atoms with Crippen LogP contribution in [0.15, 0.2) is 30.6 Å². The minimum atomic E-state index is -0.0117. The summed E-state index contributed by atoms with van der Waals surface area (Å²) in [4.78, 5) is 11.7. The molecule has 1 amide bonds. The highest BCUT2D eigenvalue weighted by Gasteiger charge is 2.04. The Labute approximate surface area is 110 Å². The smallest absolute Gasteiger partial charge is 0.224 e. The average Bonchev–Trinajstić information content (AvgIpc) is 2.93. The zero-order chi connectivity index (χ0) is 13.5. The van der Waals surface area contributed by atoms with Gasteiger partial charge in [-0.1, -0.05) is 6.07 Å². The van der Waals surface area contributed by atoms with Crippen LogP contribution in [-0.2, 0) is 4.79 Å². The number of unbranched alkanes of at least 4 members (excludes halogenated alkanes) is 1. The van der Waals surface area contributed by atoms with E-state index < -0.39 is 0 Å². The van der Waals surface area contributed by atoms with Crippen molar-refractivity contribution >= 4 is 11.6 Å². The van der Waals surface area contributed by atoms with E-state index in [1.54, 1.807) is 0 Å². The lowest BCUT2D eigenvalue weighted by Gasteiger charge is -2.06. The van der Waals surface area contributed by atoms with Crippen LogP contribution < -0.4 is 11.1 Å². The van der Waals surface area contributed by atoms with Gasteiger partial charge in [-0.3, -0.25) is 4.79 Å². The first kappa shape index (κ1) is 13.2. The molecule has 2 rings (SSSR count). The Kier molecular flexibility index (Phi) is 4.57. The molecule has 0 saturated heterocycles. The quantitative estimate of drug-likeness (QED) is 0.746. The van der Waals surface area contributed by atoms with Crippen molar-refractivity contribution in [3.8, 4) is 5.69 Å². The first-order valence-electron chi connectivity index (χ1n) is 6.13. The molecule has 7 heteroatoms. The first-order chi connectivity index (χ1) is 9.29. The molecule has 0 saturated carbocycles. The molecule has 1 aromatic carbocycles. The molecule has 7 nitrogen and oxygen atoms in total. The highest BCUT2D eigenvalue weighted by Crippen LogP contribution is 2.13. The van der Waals surface area contributed by atoms with E-state index >= 15 is 0 Å². The van der Waals surface area contributed by atoms with E-state index in [1.807, 2.05) is 24.3 Å². The number of amides is 1. The molecular weight excluding hydrogens is 244 g/mol. The van der Waals surface area contributed by atoms with E-state index in [0.717, 1.165) is 24.2 Å². The minimum absolute atomic E-state index is 0.0117. The molecule has 0 fully saturated rings. The zero-order valence-corrected chi connectivity index (χ0v) is 10.5. The maximum Gasteiger partial charge on any atom is 0.224 e. The summed E-state index contributed by atoms with van der Waals surface area (Å²) in [6, 6.07) is 7.35. The van der Waals surface area contributed by atoms with Crippen LogP contribution in [0.1, 0.15) is 19.3 Å². The number of nitrogens with one attached hydrogen (secondary N) is 1. The molecule has 0 aliphatic heterocycles.